The molecule has 0 radical (unpaired) electrons. The van der Waals surface area contributed by atoms with E-state index < -0.39 is 24.7 Å². The summed E-state index contributed by atoms with van der Waals surface area (Å²) in [5.41, 5.74) is -0.103. The van der Waals surface area contributed by atoms with Crippen LogP contribution in [-0.4, -0.2) is 19.5 Å². The van der Waals surface area contributed by atoms with E-state index in [9.17, 15) is 22.4 Å². The molecule has 1 rings (SSSR count). The van der Waals surface area contributed by atoms with Crippen molar-refractivity contribution in [3.63, 3.8) is 0 Å². The molecule has 0 aromatic heterocycles. The highest BCUT2D eigenvalue weighted by molar-refractivity contribution is 5.76. The van der Waals surface area contributed by atoms with E-state index in [4.69, 9.17) is 0 Å². The van der Waals surface area contributed by atoms with Crippen LogP contribution in [0.4, 0.5) is 17.6 Å². The highest BCUT2D eigenvalue weighted by Gasteiger charge is 2.10. The van der Waals surface area contributed by atoms with Crippen LogP contribution in [0.2, 0.25) is 0 Å². The van der Waals surface area contributed by atoms with Gasteiger partial charge in [-0.05, 0) is 12.1 Å². The van der Waals surface area contributed by atoms with Crippen molar-refractivity contribution in [3.05, 3.63) is 23.8 Å². The van der Waals surface area contributed by atoms with E-state index >= 15 is 0 Å². The smallest absolute Gasteiger partial charge is 0.387 e. The third-order valence-electron chi connectivity index (χ3n) is 1.49. The third kappa shape index (κ3) is 3.76. The Morgan fingerprint density at radius 1 is 0.938 bits per heavy atom. The van der Waals surface area contributed by atoms with Crippen LogP contribution in [0.3, 0.4) is 0 Å². The number of rotatable bonds is 5. The molecule has 1 aromatic rings. The van der Waals surface area contributed by atoms with Crippen molar-refractivity contribution in [2.24, 2.45) is 0 Å². The summed E-state index contributed by atoms with van der Waals surface area (Å²) in [6.45, 7) is -6.22. The lowest BCUT2D eigenvalue weighted by atomic mass is 10.2. The topological polar surface area (TPSA) is 35.5 Å². The van der Waals surface area contributed by atoms with Gasteiger partial charge in [-0.1, -0.05) is 0 Å². The first-order valence-electron chi connectivity index (χ1n) is 4.01. The normalized spacial score (nSPS) is 10.6. The predicted octanol–water partition coefficient (Wildman–Crippen LogP) is 2.70. The second kappa shape index (κ2) is 5.34. The number of aldehydes is 1. The lowest BCUT2D eigenvalue weighted by Gasteiger charge is -2.09. The minimum Gasteiger partial charge on any atom is -0.435 e. The second-order valence-electron chi connectivity index (χ2n) is 2.61. The summed E-state index contributed by atoms with van der Waals surface area (Å²) < 4.78 is 55.3. The van der Waals surface area contributed by atoms with Crippen LogP contribution in [0.5, 0.6) is 11.5 Å². The molecule has 1 aromatic carbocycles. The molecule has 0 aliphatic heterocycles. The van der Waals surface area contributed by atoms with Gasteiger partial charge in [-0.25, -0.2) is 0 Å². The molecular weight excluding hydrogens is 232 g/mol. The minimum absolute atomic E-state index is 0.103. The number of benzene rings is 1. The SMILES string of the molecule is O=Cc1cc(OC(F)F)cc(OC(F)F)c1. The highest BCUT2D eigenvalue weighted by Crippen LogP contribution is 2.24. The average molecular weight is 238 g/mol. The molecule has 0 unspecified atom stereocenters. The van der Waals surface area contributed by atoms with Gasteiger partial charge >= 0.3 is 13.2 Å². The Morgan fingerprint density at radius 2 is 1.38 bits per heavy atom. The van der Waals surface area contributed by atoms with Gasteiger partial charge < -0.3 is 9.47 Å². The van der Waals surface area contributed by atoms with Gasteiger partial charge in [-0.15, -0.1) is 0 Å². The molecule has 0 saturated heterocycles. The number of hydrogen-bond acceptors (Lipinski definition) is 3. The van der Waals surface area contributed by atoms with Gasteiger partial charge in [0.25, 0.3) is 0 Å². The van der Waals surface area contributed by atoms with Crippen molar-refractivity contribution in [2.75, 3.05) is 0 Å². The van der Waals surface area contributed by atoms with E-state index in [1.54, 1.807) is 0 Å². The van der Waals surface area contributed by atoms with E-state index in [1.165, 1.54) is 0 Å². The van der Waals surface area contributed by atoms with Crippen molar-refractivity contribution in [1.82, 2.24) is 0 Å². The van der Waals surface area contributed by atoms with E-state index in [0.29, 0.717) is 6.29 Å². The van der Waals surface area contributed by atoms with Gasteiger partial charge in [-0.2, -0.15) is 17.6 Å². The number of carbonyl (C=O) groups excluding carboxylic acids is 1. The van der Waals surface area contributed by atoms with Crippen LogP contribution in [0.25, 0.3) is 0 Å². The number of hydrogen-bond donors (Lipinski definition) is 0. The molecule has 0 spiro atoms. The Balaban J connectivity index is 2.95. The van der Waals surface area contributed by atoms with Crippen LogP contribution in [-0.2, 0) is 0 Å². The van der Waals surface area contributed by atoms with Gasteiger partial charge in [0, 0.05) is 11.6 Å². The van der Waals surface area contributed by atoms with E-state index in [-0.39, 0.29) is 5.56 Å². The zero-order valence-corrected chi connectivity index (χ0v) is 7.70. The molecule has 0 amide bonds. The zero-order chi connectivity index (χ0) is 12.1. The lowest BCUT2D eigenvalue weighted by molar-refractivity contribution is -0.0543. The number of ether oxygens (including phenoxy) is 2. The first-order chi connectivity index (χ1) is 7.51. The van der Waals surface area contributed by atoms with Crippen LogP contribution in [0.1, 0.15) is 10.4 Å². The molecule has 0 saturated carbocycles. The second-order valence-corrected chi connectivity index (χ2v) is 2.61. The quantitative estimate of drug-likeness (QED) is 0.584. The van der Waals surface area contributed by atoms with Crippen molar-refractivity contribution in [3.8, 4) is 11.5 Å². The Labute approximate surface area is 87.6 Å². The lowest BCUT2D eigenvalue weighted by Crippen LogP contribution is -2.05. The van der Waals surface area contributed by atoms with Crippen molar-refractivity contribution < 1.29 is 31.8 Å². The van der Waals surface area contributed by atoms with Gasteiger partial charge in [-0.3, -0.25) is 4.79 Å². The van der Waals surface area contributed by atoms with Crippen molar-refractivity contribution >= 4 is 6.29 Å². The number of alkyl halides is 4. The largest absolute Gasteiger partial charge is 0.435 e. The molecule has 0 heterocycles. The summed E-state index contributed by atoms with van der Waals surface area (Å²) in [5.74, 6) is -0.842. The Bertz CT molecular complexity index is 340. The zero-order valence-electron chi connectivity index (χ0n) is 7.70. The van der Waals surface area contributed by atoms with Gasteiger partial charge in [0.05, 0.1) is 0 Å². The summed E-state index contributed by atoms with van der Waals surface area (Å²) in [5, 5.41) is 0. The summed E-state index contributed by atoms with van der Waals surface area (Å²) in [6, 6.07) is 2.81. The predicted molar refractivity (Wildman–Crippen MR) is 45.1 cm³/mol. The molecule has 0 bridgehead atoms. The molecule has 88 valence electrons. The molecule has 0 fully saturated rings. The maximum atomic E-state index is 11.9. The van der Waals surface area contributed by atoms with E-state index in [1.807, 2.05) is 0 Å². The summed E-state index contributed by atoms with van der Waals surface area (Å²) >= 11 is 0. The fraction of sp³-hybridized carbons (Fsp3) is 0.222. The number of halogens is 4. The molecular formula is C9H6F4O3. The minimum atomic E-state index is -3.11. The molecule has 0 aliphatic carbocycles. The molecule has 0 aliphatic rings. The van der Waals surface area contributed by atoms with Gasteiger partial charge in [0.15, 0.2) is 0 Å². The molecule has 7 heteroatoms. The van der Waals surface area contributed by atoms with Crippen LogP contribution >= 0.6 is 0 Å². The Hall–Kier alpha value is -1.79. The van der Waals surface area contributed by atoms with Gasteiger partial charge in [0.2, 0.25) is 0 Å². The van der Waals surface area contributed by atoms with Crippen molar-refractivity contribution in [2.45, 2.75) is 13.2 Å². The Kier molecular flexibility index (Phi) is 4.10. The summed E-state index contributed by atoms with van der Waals surface area (Å²) in [7, 11) is 0. The summed E-state index contributed by atoms with van der Waals surface area (Å²) in [4.78, 5) is 10.4. The third-order valence-corrected chi connectivity index (χ3v) is 1.49. The first-order valence-corrected chi connectivity index (χ1v) is 4.01. The maximum Gasteiger partial charge on any atom is 0.387 e. The van der Waals surface area contributed by atoms with Gasteiger partial charge in [0.1, 0.15) is 17.8 Å². The average Bonchev–Trinajstić information content (AvgIpc) is 2.14. The fourth-order valence-corrected chi connectivity index (χ4v) is 1.00. The van der Waals surface area contributed by atoms with Crippen LogP contribution < -0.4 is 9.47 Å². The van der Waals surface area contributed by atoms with Crippen LogP contribution in [0.15, 0.2) is 18.2 Å². The van der Waals surface area contributed by atoms with E-state index in [0.717, 1.165) is 18.2 Å². The number of carbonyl (C=O) groups is 1. The molecule has 0 N–H and O–H groups in total. The molecule has 16 heavy (non-hydrogen) atoms. The Morgan fingerprint density at radius 3 is 1.69 bits per heavy atom. The highest BCUT2D eigenvalue weighted by atomic mass is 19.3. The van der Waals surface area contributed by atoms with Crippen molar-refractivity contribution in [1.29, 1.82) is 0 Å². The maximum absolute atomic E-state index is 11.9. The molecule has 3 nitrogen and oxygen atoms in total. The standard InChI is InChI=1S/C9H6F4O3/c10-8(11)15-6-1-5(4-14)2-7(3-6)16-9(12)13/h1-4,8-9H. The summed E-state index contributed by atoms with van der Waals surface area (Å²) in [6.07, 6.45) is 0.302. The fourth-order valence-electron chi connectivity index (χ4n) is 1.00. The van der Waals surface area contributed by atoms with Crippen LogP contribution in [0, 0.1) is 0 Å². The molecule has 0 atom stereocenters. The first kappa shape index (κ1) is 12.3. The van der Waals surface area contributed by atoms with E-state index in [2.05, 4.69) is 9.47 Å². The monoisotopic (exact) mass is 238 g/mol.